The Labute approximate surface area is 129 Å². The van der Waals surface area contributed by atoms with Crippen LogP contribution < -0.4 is 21.5 Å². The van der Waals surface area contributed by atoms with Crippen LogP contribution in [0.1, 0.15) is 17.4 Å². The molecular weight excluding hydrogens is 276 g/mol. The minimum atomic E-state index is -1.59. The van der Waals surface area contributed by atoms with Gasteiger partial charge in [-0.25, -0.2) is 4.79 Å². The van der Waals surface area contributed by atoms with E-state index in [1.54, 1.807) is 0 Å². The van der Waals surface area contributed by atoms with Crippen molar-refractivity contribution in [2.45, 2.75) is 13.0 Å². The first-order valence-electron chi connectivity index (χ1n) is 4.18. The summed E-state index contributed by atoms with van der Waals surface area (Å²) in [5.74, 6) is -3.02. The van der Waals surface area contributed by atoms with E-state index in [-0.39, 0.29) is 37.7 Å². The van der Waals surface area contributed by atoms with E-state index in [0.29, 0.717) is 0 Å². The van der Waals surface area contributed by atoms with E-state index in [0.717, 1.165) is 13.0 Å². The summed E-state index contributed by atoms with van der Waals surface area (Å²) in [7, 11) is 0. The molecular formula is C8H8CaN2O7. The number of aliphatic carboxylic acids is 1. The zero-order valence-corrected chi connectivity index (χ0v) is 11.5. The SMILES string of the molecule is CC(O)C(=O)[O-].O=C([O-])c1cc(=O)[nH]c(=O)[nH]1.[Ca+2]. The Kier molecular flexibility index (Phi) is 9.45. The molecule has 0 saturated heterocycles. The predicted octanol–water partition coefficient (Wildman–Crippen LogP) is -4.84. The molecule has 1 rings (SSSR count). The molecule has 1 atom stereocenters. The van der Waals surface area contributed by atoms with Crippen LogP contribution in [-0.2, 0) is 4.79 Å². The molecule has 18 heavy (non-hydrogen) atoms. The molecule has 1 aromatic heterocycles. The van der Waals surface area contributed by atoms with Crippen molar-refractivity contribution in [3.63, 3.8) is 0 Å². The average molecular weight is 284 g/mol. The van der Waals surface area contributed by atoms with E-state index >= 15 is 0 Å². The van der Waals surface area contributed by atoms with Crippen LogP contribution in [0.4, 0.5) is 0 Å². The van der Waals surface area contributed by atoms with Gasteiger partial charge in [-0.3, -0.25) is 9.78 Å². The van der Waals surface area contributed by atoms with Crippen molar-refractivity contribution in [1.29, 1.82) is 0 Å². The van der Waals surface area contributed by atoms with Crippen LogP contribution in [0.5, 0.6) is 0 Å². The number of nitrogens with one attached hydrogen (secondary N) is 2. The molecule has 1 heterocycles. The molecule has 0 saturated carbocycles. The number of hydrogen-bond acceptors (Lipinski definition) is 7. The van der Waals surface area contributed by atoms with E-state index in [1.807, 2.05) is 9.97 Å². The van der Waals surface area contributed by atoms with Gasteiger partial charge in [0.05, 0.1) is 23.7 Å². The molecule has 0 amide bonds. The molecule has 0 bridgehead atoms. The third kappa shape index (κ3) is 8.01. The van der Waals surface area contributed by atoms with Crippen molar-refractivity contribution in [3.05, 3.63) is 32.6 Å². The number of carboxylic acid groups (broad SMARTS) is 2. The molecule has 3 N–H and O–H groups in total. The van der Waals surface area contributed by atoms with E-state index in [9.17, 15) is 29.4 Å². The number of rotatable bonds is 2. The summed E-state index contributed by atoms with van der Waals surface area (Å²) in [5, 5.41) is 27.4. The van der Waals surface area contributed by atoms with Gasteiger partial charge in [-0.15, -0.1) is 0 Å². The van der Waals surface area contributed by atoms with E-state index in [4.69, 9.17) is 5.11 Å². The molecule has 0 radical (unpaired) electrons. The van der Waals surface area contributed by atoms with Crippen LogP contribution in [-0.4, -0.2) is 70.9 Å². The second-order valence-electron chi connectivity index (χ2n) is 2.78. The molecule has 0 fully saturated rings. The zero-order valence-electron chi connectivity index (χ0n) is 9.26. The summed E-state index contributed by atoms with van der Waals surface area (Å²) in [6.45, 7) is 1.13. The van der Waals surface area contributed by atoms with Gasteiger partial charge >= 0.3 is 43.4 Å². The summed E-state index contributed by atoms with van der Waals surface area (Å²) < 4.78 is 0. The van der Waals surface area contributed by atoms with Crippen molar-refractivity contribution in [2.24, 2.45) is 0 Å². The maximum absolute atomic E-state index is 10.4. The normalized spacial score (nSPS) is 10.3. The molecule has 9 nitrogen and oxygen atoms in total. The second-order valence-corrected chi connectivity index (χ2v) is 2.78. The number of carbonyl (C=O) groups is 2. The number of aliphatic hydroxyl groups excluding tert-OH is 1. The van der Waals surface area contributed by atoms with Crippen LogP contribution in [0.15, 0.2) is 15.7 Å². The van der Waals surface area contributed by atoms with Crippen LogP contribution in [0.2, 0.25) is 0 Å². The van der Waals surface area contributed by atoms with Gasteiger partial charge in [0.2, 0.25) is 0 Å². The number of carbonyl (C=O) groups excluding carboxylic acids is 2. The summed E-state index contributed by atoms with van der Waals surface area (Å²) in [4.78, 5) is 44.0. The Balaban J connectivity index is 0. The summed E-state index contributed by atoms with van der Waals surface area (Å²) >= 11 is 0. The fraction of sp³-hybridized carbons (Fsp3) is 0.250. The quantitative estimate of drug-likeness (QED) is 0.458. The van der Waals surface area contributed by atoms with Gasteiger partial charge in [0.15, 0.2) is 0 Å². The molecule has 94 valence electrons. The first kappa shape index (κ1) is 19.2. The van der Waals surface area contributed by atoms with Crippen molar-refractivity contribution < 1.29 is 24.9 Å². The van der Waals surface area contributed by atoms with Gasteiger partial charge in [0, 0.05) is 6.07 Å². The van der Waals surface area contributed by atoms with Crippen LogP contribution >= 0.6 is 0 Å². The van der Waals surface area contributed by atoms with Gasteiger partial charge in [-0.2, -0.15) is 0 Å². The third-order valence-electron chi connectivity index (χ3n) is 1.32. The minimum absolute atomic E-state index is 0. The van der Waals surface area contributed by atoms with Crippen molar-refractivity contribution in [1.82, 2.24) is 9.97 Å². The van der Waals surface area contributed by atoms with E-state index < -0.39 is 35.0 Å². The molecule has 0 spiro atoms. The van der Waals surface area contributed by atoms with Crippen molar-refractivity contribution in [2.75, 3.05) is 0 Å². The smallest absolute Gasteiger partial charge is 0.547 e. The zero-order chi connectivity index (χ0) is 13.6. The molecule has 10 heteroatoms. The molecule has 0 aromatic carbocycles. The minimum Gasteiger partial charge on any atom is -0.547 e. The van der Waals surface area contributed by atoms with Crippen LogP contribution in [0.25, 0.3) is 0 Å². The van der Waals surface area contributed by atoms with Crippen LogP contribution in [0.3, 0.4) is 0 Å². The van der Waals surface area contributed by atoms with Gasteiger partial charge in [-0.05, 0) is 6.92 Å². The summed E-state index contributed by atoms with van der Waals surface area (Å²) in [6.07, 6.45) is -1.34. The number of H-pyrrole nitrogens is 2. The number of aliphatic hydroxyl groups is 1. The summed E-state index contributed by atoms with van der Waals surface area (Å²) in [6, 6.07) is 0.733. The number of carboxylic acids is 2. The maximum atomic E-state index is 10.4. The molecule has 0 aliphatic carbocycles. The Hall–Kier alpha value is -1.16. The standard InChI is InChI=1S/C5H4N2O4.C3H6O3.Ca/c8-3-1-2(4(9)10)6-5(11)7-3;1-2(4)3(5)6;/h1H,(H,9,10)(H2,6,7,8,11);2,4H,1H3,(H,5,6);/q;;+2/p-2. The molecule has 1 unspecified atom stereocenters. The maximum Gasteiger partial charge on any atom is 2.00 e. The average Bonchev–Trinajstić information content (AvgIpc) is 2.16. The summed E-state index contributed by atoms with van der Waals surface area (Å²) in [5.41, 5.74) is -2.16. The second kappa shape index (κ2) is 8.86. The third-order valence-corrected chi connectivity index (χ3v) is 1.32. The van der Waals surface area contributed by atoms with Gasteiger partial charge in [0.25, 0.3) is 5.56 Å². The molecule has 0 aliphatic heterocycles. The Morgan fingerprint density at radius 3 is 2.00 bits per heavy atom. The number of aromatic carboxylic acids is 1. The van der Waals surface area contributed by atoms with Crippen LogP contribution in [0, 0.1) is 0 Å². The fourth-order valence-electron chi connectivity index (χ4n) is 0.579. The fourth-order valence-corrected chi connectivity index (χ4v) is 0.579. The van der Waals surface area contributed by atoms with Crippen molar-refractivity contribution >= 4 is 49.7 Å². The molecule has 0 aliphatic rings. The topological polar surface area (TPSA) is 166 Å². The van der Waals surface area contributed by atoms with E-state index in [2.05, 4.69) is 0 Å². The number of hydrogen-bond donors (Lipinski definition) is 3. The first-order valence-corrected chi connectivity index (χ1v) is 4.18. The van der Waals surface area contributed by atoms with Crippen molar-refractivity contribution in [3.8, 4) is 0 Å². The van der Waals surface area contributed by atoms with E-state index in [1.165, 1.54) is 0 Å². The monoisotopic (exact) mass is 284 g/mol. The Bertz CT molecular complexity index is 490. The van der Waals surface area contributed by atoms with Gasteiger partial charge < -0.3 is 29.9 Å². The number of aromatic nitrogens is 2. The Morgan fingerprint density at radius 2 is 1.72 bits per heavy atom. The predicted molar refractivity (Wildman–Crippen MR) is 54.5 cm³/mol. The Morgan fingerprint density at radius 1 is 1.28 bits per heavy atom. The van der Waals surface area contributed by atoms with Gasteiger partial charge in [-0.1, -0.05) is 0 Å². The molecule has 1 aromatic rings. The largest absolute Gasteiger partial charge is 2.00 e. The number of aromatic amines is 2. The van der Waals surface area contributed by atoms with Gasteiger partial charge in [0.1, 0.15) is 0 Å². The first-order chi connectivity index (χ1) is 7.73.